The summed E-state index contributed by atoms with van der Waals surface area (Å²) < 4.78 is 4.98. The second kappa shape index (κ2) is 9.94. The van der Waals surface area contributed by atoms with E-state index in [0.717, 1.165) is 22.3 Å². The molecule has 31 heavy (non-hydrogen) atoms. The van der Waals surface area contributed by atoms with Crippen molar-refractivity contribution in [3.05, 3.63) is 94.5 Å². The van der Waals surface area contributed by atoms with Crippen LogP contribution in [0, 0.1) is 13.8 Å². The average molecular weight is 418 g/mol. The fourth-order valence-corrected chi connectivity index (χ4v) is 3.50. The highest BCUT2D eigenvalue weighted by Gasteiger charge is 2.22. The molecular formula is C26H27NO4. The van der Waals surface area contributed by atoms with E-state index in [9.17, 15) is 14.7 Å². The van der Waals surface area contributed by atoms with E-state index < -0.39 is 5.97 Å². The molecule has 0 aromatic heterocycles. The molecule has 0 radical (unpaired) electrons. The topological polar surface area (TPSA) is 75.6 Å². The lowest BCUT2D eigenvalue weighted by Gasteiger charge is -2.20. The summed E-state index contributed by atoms with van der Waals surface area (Å²) in [5, 5.41) is 13.6. The van der Waals surface area contributed by atoms with Crippen LogP contribution >= 0.6 is 0 Å². The number of benzene rings is 3. The number of carbonyl (C=O) groups is 2. The first kappa shape index (κ1) is 22.1. The van der Waals surface area contributed by atoms with Crippen LogP contribution in [0.3, 0.4) is 0 Å². The van der Waals surface area contributed by atoms with Gasteiger partial charge in [0.2, 0.25) is 5.91 Å². The molecule has 160 valence electrons. The summed E-state index contributed by atoms with van der Waals surface area (Å²) >= 11 is 0. The quantitative estimate of drug-likeness (QED) is 0.509. The molecule has 0 aliphatic carbocycles. The van der Waals surface area contributed by atoms with E-state index in [2.05, 4.69) is 5.32 Å². The van der Waals surface area contributed by atoms with Gasteiger partial charge in [0.15, 0.2) is 0 Å². The van der Waals surface area contributed by atoms with Gasteiger partial charge in [0, 0.05) is 23.6 Å². The van der Waals surface area contributed by atoms with Gasteiger partial charge in [-0.05, 0) is 61.7 Å². The van der Waals surface area contributed by atoms with Crippen molar-refractivity contribution in [1.29, 1.82) is 0 Å². The Bertz CT molecular complexity index is 1060. The third-order valence-electron chi connectivity index (χ3n) is 5.38. The number of aryl methyl sites for hydroxylation is 1. The van der Waals surface area contributed by atoms with Gasteiger partial charge in [0.1, 0.15) is 5.75 Å². The maximum absolute atomic E-state index is 12.9. The lowest BCUT2D eigenvalue weighted by Crippen LogP contribution is -2.17. The molecule has 5 nitrogen and oxygen atoms in total. The zero-order valence-corrected chi connectivity index (χ0v) is 18.0. The molecule has 0 fully saturated rings. The van der Waals surface area contributed by atoms with Crippen LogP contribution in [0.5, 0.6) is 5.75 Å². The van der Waals surface area contributed by atoms with Gasteiger partial charge in [-0.15, -0.1) is 0 Å². The van der Waals surface area contributed by atoms with Gasteiger partial charge < -0.3 is 15.2 Å². The minimum atomic E-state index is -0.394. The van der Waals surface area contributed by atoms with Gasteiger partial charge in [-0.3, -0.25) is 4.79 Å². The molecule has 0 bridgehead atoms. The first-order valence-electron chi connectivity index (χ1n) is 10.3. The van der Waals surface area contributed by atoms with Crippen molar-refractivity contribution in [2.24, 2.45) is 0 Å². The molecule has 3 rings (SSSR count). The summed E-state index contributed by atoms with van der Waals surface area (Å²) in [7, 11) is 0. The van der Waals surface area contributed by atoms with E-state index in [1.807, 2.05) is 56.3 Å². The zero-order valence-electron chi connectivity index (χ0n) is 18.0. The first-order chi connectivity index (χ1) is 14.9. The Morgan fingerprint density at radius 3 is 2.29 bits per heavy atom. The number of aromatic hydroxyl groups is 1. The van der Waals surface area contributed by atoms with Gasteiger partial charge >= 0.3 is 5.97 Å². The number of hydrogen-bond acceptors (Lipinski definition) is 4. The Balaban J connectivity index is 1.81. The smallest absolute Gasteiger partial charge is 0.338 e. The molecule has 1 atom stereocenters. The van der Waals surface area contributed by atoms with Crippen molar-refractivity contribution >= 4 is 17.6 Å². The zero-order chi connectivity index (χ0) is 22.4. The Kier molecular flexibility index (Phi) is 7.08. The Hall–Kier alpha value is -3.60. The summed E-state index contributed by atoms with van der Waals surface area (Å²) in [6.45, 7) is 5.89. The van der Waals surface area contributed by atoms with Crippen LogP contribution in [-0.2, 0) is 9.53 Å². The molecule has 0 spiro atoms. The second-order valence-corrected chi connectivity index (χ2v) is 7.46. The molecule has 0 heterocycles. The van der Waals surface area contributed by atoms with Crippen LogP contribution in [0.25, 0.3) is 0 Å². The third kappa shape index (κ3) is 5.31. The minimum absolute atomic E-state index is 0.166. The van der Waals surface area contributed by atoms with Crippen molar-refractivity contribution in [2.75, 3.05) is 11.9 Å². The van der Waals surface area contributed by atoms with Crippen LogP contribution in [0.2, 0.25) is 0 Å². The van der Waals surface area contributed by atoms with Crippen LogP contribution in [0.1, 0.15) is 51.9 Å². The van der Waals surface area contributed by atoms with Crippen LogP contribution in [0.4, 0.5) is 5.69 Å². The normalized spacial score (nSPS) is 11.6. The van der Waals surface area contributed by atoms with E-state index in [0.29, 0.717) is 17.9 Å². The minimum Gasteiger partial charge on any atom is -0.507 e. The van der Waals surface area contributed by atoms with Crippen molar-refractivity contribution in [2.45, 2.75) is 33.1 Å². The summed E-state index contributed by atoms with van der Waals surface area (Å²) in [6, 6.07) is 20.1. The summed E-state index contributed by atoms with van der Waals surface area (Å²) in [6.07, 6.45) is 0.166. The van der Waals surface area contributed by atoms with E-state index in [1.165, 1.54) is 0 Å². The van der Waals surface area contributed by atoms with E-state index >= 15 is 0 Å². The fraction of sp³-hybridized carbons (Fsp3) is 0.231. The highest BCUT2D eigenvalue weighted by molar-refractivity contribution is 5.93. The first-order valence-corrected chi connectivity index (χ1v) is 10.3. The second-order valence-electron chi connectivity index (χ2n) is 7.46. The van der Waals surface area contributed by atoms with Crippen molar-refractivity contribution in [1.82, 2.24) is 0 Å². The average Bonchev–Trinajstić information content (AvgIpc) is 2.77. The molecule has 2 N–H and O–H groups in total. The van der Waals surface area contributed by atoms with Crippen LogP contribution in [-0.4, -0.2) is 23.6 Å². The van der Waals surface area contributed by atoms with Crippen molar-refractivity contribution in [3.63, 3.8) is 0 Å². The number of carbonyl (C=O) groups excluding carboxylic acids is 2. The number of amides is 1. The fourth-order valence-electron chi connectivity index (χ4n) is 3.50. The van der Waals surface area contributed by atoms with Gasteiger partial charge in [0.05, 0.1) is 12.2 Å². The monoisotopic (exact) mass is 417 g/mol. The molecule has 0 aliphatic rings. The Morgan fingerprint density at radius 2 is 1.65 bits per heavy atom. The lowest BCUT2D eigenvalue weighted by molar-refractivity contribution is -0.116. The third-order valence-corrected chi connectivity index (χ3v) is 5.38. The van der Waals surface area contributed by atoms with Gasteiger partial charge in [-0.25, -0.2) is 4.79 Å². The molecule has 0 aliphatic heterocycles. The number of rotatable bonds is 7. The molecule has 5 heteroatoms. The van der Waals surface area contributed by atoms with E-state index in [4.69, 9.17) is 4.74 Å². The standard InChI is InChI=1S/C26H27NO4/c1-4-31-26(30)20-11-13-21(14-12-20)27-24(28)16-23(19-8-6-5-7-9-19)22-15-10-17(2)18(3)25(22)29/h5-15,23,29H,4,16H2,1-3H3,(H,27,28). The van der Waals surface area contributed by atoms with Gasteiger partial charge in [-0.2, -0.15) is 0 Å². The molecule has 1 unspecified atom stereocenters. The maximum Gasteiger partial charge on any atom is 0.338 e. The number of ether oxygens (including phenoxy) is 1. The number of anilines is 1. The van der Waals surface area contributed by atoms with Crippen molar-refractivity contribution < 1.29 is 19.4 Å². The molecular weight excluding hydrogens is 390 g/mol. The molecule has 3 aromatic rings. The van der Waals surface area contributed by atoms with E-state index in [1.54, 1.807) is 31.2 Å². The summed E-state index contributed by atoms with van der Waals surface area (Å²) in [5.41, 5.74) is 4.51. The SMILES string of the molecule is CCOC(=O)c1ccc(NC(=O)CC(c2ccccc2)c2ccc(C)c(C)c2O)cc1. The Morgan fingerprint density at radius 1 is 0.968 bits per heavy atom. The van der Waals surface area contributed by atoms with E-state index in [-0.39, 0.29) is 24.0 Å². The van der Waals surface area contributed by atoms with Crippen LogP contribution in [0.15, 0.2) is 66.7 Å². The predicted molar refractivity (Wildman–Crippen MR) is 122 cm³/mol. The van der Waals surface area contributed by atoms with Crippen LogP contribution < -0.4 is 5.32 Å². The highest BCUT2D eigenvalue weighted by Crippen LogP contribution is 2.37. The molecule has 0 saturated heterocycles. The number of hydrogen-bond donors (Lipinski definition) is 2. The number of esters is 1. The molecule has 1 amide bonds. The highest BCUT2D eigenvalue weighted by atomic mass is 16.5. The number of phenols is 1. The Labute approximate surface area is 182 Å². The lowest BCUT2D eigenvalue weighted by atomic mass is 9.86. The largest absolute Gasteiger partial charge is 0.507 e. The van der Waals surface area contributed by atoms with Crippen molar-refractivity contribution in [3.8, 4) is 5.75 Å². The molecule has 3 aromatic carbocycles. The van der Waals surface area contributed by atoms with Gasteiger partial charge in [0.25, 0.3) is 0 Å². The number of phenolic OH excluding ortho intramolecular Hbond substituents is 1. The predicted octanol–water partition coefficient (Wildman–Crippen LogP) is 5.35. The van der Waals surface area contributed by atoms with Gasteiger partial charge in [-0.1, -0.05) is 42.5 Å². The number of nitrogens with one attached hydrogen (secondary N) is 1. The molecule has 0 saturated carbocycles. The summed E-state index contributed by atoms with van der Waals surface area (Å²) in [5.74, 6) is -0.648. The maximum atomic E-state index is 12.9. The summed E-state index contributed by atoms with van der Waals surface area (Å²) in [4.78, 5) is 24.7.